The van der Waals surface area contributed by atoms with E-state index < -0.39 is 5.41 Å². The van der Waals surface area contributed by atoms with E-state index in [1.165, 1.54) is 0 Å². The number of hydrogen-bond acceptors (Lipinski definition) is 3. The van der Waals surface area contributed by atoms with Gasteiger partial charge in [0.2, 0.25) is 5.91 Å². The zero-order chi connectivity index (χ0) is 13.3. The fraction of sp³-hybridized carbons (Fsp3) is 0.462. The summed E-state index contributed by atoms with van der Waals surface area (Å²) in [5, 5.41) is 2.95. The third kappa shape index (κ3) is 2.53. The summed E-state index contributed by atoms with van der Waals surface area (Å²) >= 11 is 2.25. The molecule has 2 unspecified atom stereocenters. The summed E-state index contributed by atoms with van der Waals surface area (Å²) in [4.78, 5) is 12.3. The van der Waals surface area contributed by atoms with Crippen molar-refractivity contribution in [2.75, 3.05) is 18.5 Å². The number of carbonyl (C=O) groups is 1. The quantitative estimate of drug-likeness (QED) is 0.792. The van der Waals surface area contributed by atoms with Crippen molar-refractivity contribution in [2.45, 2.75) is 19.9 Å². The van der Waals surface area contributed by atoms with E-state index in [0.29, 0.717) is 13.2 Å². The van der Waals surface area contributed by atoms with Crippen molar-refractivity contribution in [1.82, 2.24) is 0 Å². The molecule has 5 heteroatoms. The number of aryl methyl sites for hydroxylation is 1. The Labute approximate surface area is 120 Å². The highest BCUT2D eigenvalue weighted by Crippen LogP contribution is 2.29. The van der Waals surface area contributed by atoms with Gasteiger partial charge in [0.1, 0.15) is 0 Å². The number of hydrogen-bond donors (Lipinski definition) is 2. The van der Waals surface area contributed by atoms with Gasteiger partial charge in [0.25, 0.3) is 0 Å². The summed E-state index contributed by atoms with van der Waals surface area (Å²) in [7, 11) is 0. The van der Waals surface area contributed by atoms with Gasteiger partial charge in [-0.15, -0.1) is 0 Å². The van der Waals surface area contributed by atoms with Gasteiger partial charge in [0.15, 0.2) is 0 Å². The summed E-state index contributed by atoms with van der Waals surface area (Å²) in [6, 6.07) is 5.67. The predicted molar refractivity (Wildman–Crippen MR) is 79.4 cm³/mol. The highest BCUT2D eigenvalue weighted by Gasteiger charge is 2.44. The van der Waals surface area contributed by atoms with E-state index in [-0.39, 0.29) is 11.9 Å². The molecule has 1 aromatic rings. The summed E-state index contributed by atoms with van der Waals surface area (Å²) in [5.41, 5.74) is 7.18. The van der Waals surface area contributed by atoms with Crippen LogP contribution in [0, 0.1) is 15.9 Å². The predicted octanol–water partition coefficient (Wildman–Crippen LogP) is 1.90. The van der Waals surface area contributed by atoms with Gasteiger partial charge in [0, 0.05) is 15.3 Å². The topological polar surface area (TPSA) is 64.3 Å². The van der Waals surface area contributed by atoms with Crippen LogP contribution in [-0.2, 0) is 9.53 Å². The molecule has 0 spiro atoms. The van der Waals surface area contributed by atoms with Gasteiger partial charge in [-0.3, -0.25) is 4.79 Å². The molecule has 4 nitrogen and oxygen atoms in total. The lowest BCUT2D eigenvalue weighted by atomic mass is 9.84. The third-order valence-electron chi connectivity index (χ3n) is 3.47. The zero-order valence-electron chi connectivity index (χ0n) is 10.5. The lowest BCUT2D eigenvalue weighted by Crippen LogP contribution is -2.47. The summed E-state index contributed by atoms with van der Waals surface area (Å²) in [6.45, 7) is 4.65. The molecule has 2 rings (SSSR count). The van der Waals surface area contributed by atoms with Crippen molar-refractivity contribution in [3.05, 3.63) is 27.3 Å². The standard InChI is InChI=1S/C13H17IN2O2/c1-8-5-9(14)3-4-10(8)16-12(17)13(2)7-18-6-11(13)15/h3-5,11H,6-7,15H2,1-2H3,(H,16,17). The number of halogens is 1. The lowest BCUT2D eigenvalue weighted by molar-refractivity contribution is -0.125. The first-order valence-electron chi connectivity index (χ1n) is 5.84. The number of nitrogens with one attached hydrogen (secondary N) is 1. The Kier molecular flexibility index (Phi) is 3.93. The number of amides is 1. The number of nitrogens with two attached hydrogens (primary N) is 1. The van der Waals surface area contributed by atoms with E-state index in [1.807, 2.05) is 32.0 Å². The normalized spacial score (nSPS) is 27.2. The number of rotatable bonds is 2. The molecule has 0 saturated carbocycles. The van der Waals surface area contributed by atoms with Crippen molar-refractivity contribution >= 4 is 34.2 Å². The minimum absolute atomic E-state index is 0.0724. The maximum atomic E-state index is 12.3. The van der Waals surface area contributed by atoms with Crippen LogP contribution in [0.15, 0.2) is 18.2 Å². The molecule has 1 aromatic carbocycles. The maximum Gasteiger partial charge on any atom is 0.234 e. The van der Waals surface area contributed by atoms with E-state index in [9.17, 15) is 4.79 Å². The maximum absolute atomic E-state index is 12.3. The number of benzene rings is 1. The fourth-order valence-electron chi connectivity index (χ4n) is 1.96. The molecule has 3 N–H and O–H groups in total. The molecule has 18 heavy (non-hydrogen) atoms. The van der Waals surface area contributed by atoms with Crippen LogP contribution < -0.4 is 11.1 Å². The number of anilines is 1. The Morgan fingerprint density at radius 2 is 2.33 bits per heavy atom. The molecular weight excluding hydrogens is 343 g/mol. The van der Waals surface area contributed by atoms with Crippen LogP contribution in [0.3, 0.4) is 0 Å². The van der Waals surface area contributed by atoms with E-state index in [4.69, 9.17) is 10.5 Å². The summed E-state index contributed by atoms with van der Waals surface area (Å²) in [6.07, 6.45) is 0. The van der Waals surface area contributed by atoms with Crippen LogP contribution in [-0.4, -0.2) is 25.2 Å². The van der Waals surface area contributed by atoms with Crippen LogP contribution in [0.1, 0.15) is 12.5 Å². The molecule has 0 aromatic heterocycles. The second-order valence-corrected chi connectivity index (χ2v) is 6.20. The Balaban J connectivity index is 2.16. The first kappa shape index (κ1) is 13.8. The third-order valence-corrected chi connectivity index (χ3v) is 4.14. The van der Waals surface area contributed by atoms with Crippen molar-refractivity contribution in [3.8, 4) is 0 Å². The molecule has 1 fully saturated rings. The van der Waals surface area contributed by atoms with E-state index >= 15 is 0 Å². The molecule has 0 bridgehead atoms. The van der Waals surface area contributed by atoms with Crippen LogP contribution in [0.4, 0.5) is 5.69 Å². The molecule has 1 saturated heterocycles. The number of carbonyl (C=O) groups excluding carboxylic acids is 1. The van der Waals surface area contributed by atoms with Gasteiger partial charge in [-0.1, -0.05) is 0 Å². The largest absolute Gasteiger partial charge is 0.379 e. The van der Waals surface area contributed by atoms with Crippen LogP contribution in [0.25, 0.3) is 0 Å². The van der Waals surface area contributed by atoms with Gasteiger partial charge in [-0.05, 0) is 60.2 Å². The minimum Gasteiger partial charge on any atom is -0.379 e. The molecule has 0 aliphatic carbocycles. The molecular formula is C13H17IN2O2. The Morgan fingerprint density at radius 1 is 1.61 bits per heavy atom. The second-order valence-electron chi connectivity index (χ2n) is 4.95. The summed E-state index contributed by atoms with van der Waals surface area (Å²) in [5.74, 6) is -0.0724. The van der Waals surface area contributed by atoms with Gasteiger partial charge >= 0.3 is 0 Å². The minimum atomic E-state index is -0.643. The molecule has 2 atom stereocenters. The highest BCUT2D eigenvalue weighted by atomic mass is 127. The van der Waals surface area contributed by atoms with E-state index in [1.54, 1.807) is 0 Å². The molecule has 98 valence electrons. The summed E-state index contributed by atoms with van der Waals surface area (Å²) < 4.78 is 6.44. The molecule has 1 aliphatic heterocycles. The highest BCUT2D eigenvalue weighted by molar-refractivity contribution is 14.1. The Hall–Kier alpha value is -0.660. The van der Waals surface area contributed by atoms with Gasteiger partial charge in [0.05, 0.1) is 18.6 Å². The molecule has 1 heterocycles. The first-order valence-corrected chi connectivity index (χ1v) is 6.92. The molecule has 1 aliphatic rings. The number of ether oxygens (including phenoxy) is 1. The van der Waals surface area contributed by atoms with Crippen LogP contribution in [0.2, 0.25) is 0 Å². The second kappa shape index (κ2) is 5.14. The zero-order valence-corrected chi connectivity index (χ0v) is 12.7. The van der Waals surface area contributed by atoms with Gasteiger partial charge in [-0.25, -0.2) is 0 Å². The smallest absolute Gasteiger partial charge is 0.234 e. The van der Waals surface area contributed by atoms with Gasteiger partial charge in [-0.2, -0.15) is 0 Å². The average molecular weight is 360 g/mol. The van der Waals surface area contributed by atoms with E-state index in [0.717, 1.165) is 14.8 Å². The van der Waals surface area contributed by atoms with Crippen molar-refractivity contribution < 1.29 is 9.53 Å². The fourth-order valence-corrected chi connectivity index (χ4v) is 2.60. The lowest BCUT2D eigenvalue weighted by Gasteiger charge is -2.25. The van der Waals surface area contributed by atoms with Crippen LogP contribution in [0.5, 0.6) is 0 Å². The monoisotopic (exact) mass is 360 g/mol. The van der Waals surface area contributed by atoms with Crippen molar-refractivity contribution in [3.63, 3.8) is 0 Å². The Bertz CT molecular complexity index is 478. The van der Waals surface area contributed by atoms with Gasteiger partial charge < -0.3 is 15.8 Å². The molecule has 1 amide bonds. The molecule has 0 radical (unpaired) electrons. The van der Waals surface area contributed by atoms with Crippen molar-refractivity contribution in [2.24, 2.45) is 11.1 Å². The first-order chi connectivity index (χ1) is 8.43. The van der Waals surface area contributed by atoms with E-state index in [2.05, 4.69) is 27.9 Å². The van der Waals surface area contributed by atoms with Crippen molar-refractivity contribution in [1.29, 1.82) is 0 Å². The average Bonchev–Trinajstić information content (AvgIpc) is 2.64. The van der Waals surface area contributed by atoms with Crippen LogP contribution >= 0.6 is 22.6 Å². The Morgan fingerprint density at radius 3 is 2.89 bits per heavy atom. The SMILES string of the molecule is Cc1cc(I)ccc1NC(=O)C1(C)COCC1N.